The van der Waals surface area contributed by atoms with Crippen LogP contribution in [0, 0.1) is 6.92 Å². The highest BCUT2D eigenvalue weighted by Gasteiger charge is 2.37. The minimum Gasteiger partial charge on any atom is -0.436 e. The third kappa shape index (κ3) is 7.30. The highest BCUT2D eigenvalue weighted by molar-refractivity contribution is 5.91. The lowest BCUT2D eigenvalue weighted by Crippen LogP contribution is -2.55. The Labute approximate surface area is 305 Å². The van der Waals surface area contributed by atoms with Crippen molar-refractivity contribution in [3.63, 3.8) is 0 Å². The zero-order chi connectivity index (χ0) is 36.7. The molecule has 0 radical (unpaired) electrons. The maximum absolute atomic E-state index is 14.3. The van der Waals surface area contributed by atoms with Crippen LogP contribution in [0.3, 0.4) is 0 Å². The fourth-order valence-electron chi connectivity index (χ4n) is 8.81. The summed E-state index contributed by atoms with van der Waals surface area (Å²) in [5.41, 5.74) is 11.5. The molecule has 0 unspecified atom stereocenters. The number of fused-ring (bicyclic) bond motifs is 2. The number of carbonyl (C=O) groups excluding carboxylic acids is 3. The van der Waals surface area contributed by atoms with Gasteiger partial charge in [0.05, 0.1) is 11.0 Å². The Bertz CT molecular complexity index is 1870. The van der Waals surface area contributed by atoms with Crippen LogP contribution in [0.25, 0.3) is 11.0 Å². The number of nitrogens with zero attached hydrogens (tertiary/aromatic N) is 6. The van der Waals surface area contributed by atoms with Crippen LogP contribution < -0.4 is 16.7 Å². The Morgan fingerprint density at radius 3 is 2.27 bits per heavy atom. The average Bonchev–Trinajstić information content (AvgIpc) is 3.24. The van der Waals surface area contributed by atoms with E-state index in [2.05, 4.69) is 17.1 Å². The van der Waals surface area contributed by atoms with E-state index in [0.717, 1.165) is 78.6 Å². The molecule has 52 heavy (non-hydrogen) atoms. The van der Waals surface area contributed by atoms with Gasteiger partial charge in [-0.25, -0.2) is 14.4 Å². The fourth-order valence-corrected chi connectivity index (χ4v) is 8.81. The first kappa shape index (κ1) is 36.0. The quantitative estimate of drug-likeness (QED) is 0.398. The molecule has 280 valence electrons. The number of imidazole rings is 1. The van der Waals surface area contributed by atoms with Crippen LogP contribution in [0.5, 0.6) is 0 Å². The van der Waals surface area contributed by atoms with Crippen molar-refractivity contribution in [2.45, 2.75) is 88.9 Å². The standard InChI is InChI=1S/C39H54N8O5/c1-26-23-27(24-32-34(26)43(4)37(50)42(32)3)25-33(35(48)45-16-10-29(11-17-45)44-21-14-39(2,40)15-22-44)52-38(51)46-18-12-30(13-19-46)47-20-9-28-7-5-6-8-31(28)41-36(47)49/h5-8,23-24,29-30,33H,9-22,25,40H2,1-4H3,(H,41,49)/t33-/m1/s1. The number of hydrogen-bond donors (Lipinski definition) is 2. The number of anilines is 1. The summed E-state index contributed by atoms with van der Waals surface area (Å²) < 4.78 is 9.40. The molecule has 4 amide bonds. The Morgan fingerprint density at radius 2 is 1.56 bits per heavy atom. The smallest absolute Gasteiger partial charge is 0.410 e. The van der Waals surface area contributed by atoms with Gasteiger partial charge in [-0.3, -0.25) is 13.9 Å². The second-order valence-electron chi connectivity index (χ2n) is 15.8. The average molecular weight is 715 g/mol. The number of hydrogen-bond acceptors (Lipinski definition) is 7. The molecular weight excluding hydrogens is 660 g/mol. The Balaban J connectivity index is 1.03. The molecule has 0 aliphatic carbocycles. The van der Waals surface area contributed by atoms with E-state index >= 15 is 0 Å². The molecule has 3 N–H and O–H groups in total. The largest absolute Gasteiger partial charge is 0.436 e. The predicted molar refractivity (Wildman–Crippen MR) is 200 cm³/mol. The number of rotatable bonds is 6. The molecule has 3 saturated heterocycles. The van der Waals surface area contributed by atoms with E-state index in [-0.39, 0.29) is 35.6 Å². The number of ether oxygens (including phenoxy) is 1. The van der Waals surface area contributed by atoms with Gasteiger partial charge in [0.2, 0.25) is 0 Å². The van der Waals surface area contributed by atoms with Gasteiger partial charge >= 0.3 is 17.8 Å². The molecule has 2 aromatic carbocycles. The lowest BCUT2D eigenvalue weighted by Gasteiger charge is -2.44. The van der Waals surface area contributed by atoms with Crippen molar-refractivity contribution in [1.29, 1.82) is 0 Å². The first-order chi connectivity index (χ1) is 24.9. The molecule has 13 heteroatoms. The number of nitrogens with two attached hydrogens (primary N) is 1. The predicted octanol–water partition coefficient (Wildman–Crippen LogP) is 3.59. The van der Waals surface area contributed by atoms with Crippen molar-refractivity contribution in [1.82, 2.24) is 28.7 Å². The zero-order valence-corrected chi connectivity index (χ0v) is 31.1. The molecule has 0 spiro atoms. The molecule has 4 aliphatic heterocycles. The van der Waals surface area contributed by atoms with Gasteiger partial charge in [-0.1, -0.05) is 24.3 Å². The Morgan fingerprint density at radius 1 is 0.904 bits per heavy atom. The molecule has 4 aliphatic rings. The zero-order valence-electron chi connectivity index (χ0n) is 31.1. The lowest BCUT2D eigenvalue weighted by atomic mass is 9.89. The summed E-state index contributed by atoms with van der Waals surface area (Å²) in [6, 6.07) is 12.1. The SMILES string of the molecule is Cc1cc(C[C@@H](OC(=O)N2CCC(N3CCc4ccccc4NC3=O)CC2)C(=O)N2CCC(N3CCC(C)(N)CC3)CC2)cc2c1n(C)c(=O)n2C. The van der Waals surface area contributed by atoms with Crippen LogP contribution in [0.1, 0.15) is 62.1 Å². The molecule has 5 heterocycles. The van der Waals surface area contributed by atoms with E-state index in [9.17, 15) is 19.2 Å². The van der Waals surface area contributed by atoms with Gasteiger partial charge in [-0.15, -0.1) is 0 Å². The monoisotopic (exact) mass is 714 g/mol. The molecule has 3 fully saturated rings. The van der Waals surface area contributed by atoms with Crippen LogP contribution in [0.2, 0.25) is 0 Å². The summed E-state index contributed by atoms with van der Waals surface area (Å²) in [7, 11) is 3.50. The van der Waals surface area contributed by atoms with E-state index in [4.69, 9.17) is 10.5 Å². The first-order valence-corrected chi connectivity index (χ1v) is 19.0. The molecule has 3 aromatic rings. The number of urea groups is 1. The Hall–Kier alpha value is -4.36. The number of amides is 4. The van der Waals surface area contributed by atoms with Crippen molar-refractivity contribution in [3.8, 4) is 0 Å². The van der Waals surface area contributed by atoms with Gasteiger partial charge < -0.3 is 35.4 Å². The van der Waals surface area contributed by atoms with Gasteiger partial charge in [-0.2, -0.15) is 0 Å². The number of aryl methyl sites for hydroxylation is 3. The summed E-state index contributed by atoms with van der Waals surface area (Å²) >= 11 is 0. The van der Waals surface area contributed by atoms with Crippen LogP contribution in [-0.4, -0.2) is 116 Å². The number of benzene rings is 2. The summed E-state index contributed by atoms with van der Waals surface area (Å²) in [5, 5.41) is 3.06. The molecule has 1 atom stereocenters. The summed E-state index contributed by atoms with van der Waals surface area (Å²) in [5.74, 6) is -0.185. The number of carbonyl (C=O) groups is 3. The first-order valence-electron chi connectivity index (χ1n) is 19.0. The summed E-state index contributed by atoms with van der Waals surface area (Å²) in [4.78, 5) is 61.9. The van der Waals surface area contributed by atoms with E-state index in [1.807, 2.05) is 53.1 Å². The fraction of sp³-hybridized carbons (Fsp3) is 0.590. The topological polar surface area (TPSA) is 138 Å². The van der Waals surface area contributed by atoms with Crippen LogP contribution in [0.4, 0.5) is 15.3 Å². The second kappa shape index (κ2) is 14.6. The minimum absolute atomic E-state index is 0.00260. The third-order valence-electron chi connectivity index (χ3n) is 12.1. The van der Waals surface area contributed by atoms with E-state index in [1.165, 1.54) is 0 Å². The molecule has 0 saturated carbocycles. The summed E-state index contributed by atoms with van der Waals surface area (Å²) in [6.07, 6.45) is 4.38. The maximum atomic E-state index is 14.3. The maximum Gasteiger partial charge on any atom is 0.410 e. The van der Waals surface area contributed by atoms with Crippen molar-refractivity contribution >= 4 is 34.8 Å². The van der Waals surface area contributed by atoms with Gasteiger partial charge in [-0.05, 0) is 87.6 Å². The van der Waals surface area contributed by atoms with E-state index in [1.54, 1.807) is 28.1 Å². The van der Waals surface area contributed by atoms with Crippen molar-refractivity contribution in [2.24, 2.45) is 19.8 Å². The van der Waals surface area contributed by atoms with Crippen molar-refractivity contribution in [3.05, 3.63) is 63.6 Å². The molecule has 1 aromatic heterocycles. The molecule has 13 nitrogen and oxygen atoms in total. The number of aromatic nitrogens is 2. The molecule has 7 rings (SSSR count). The minimum atomic E-state index is -1.01. The number of nitrogens with one attached hydrogen (secondary N) is 1. The summed E-state index contributed by atoms with van der Waals surface area (Å²) in [6.45, 7) is 8.72. The lowest BCUT2D eigenvalue weighted by molar-refractivity contribution is -0.142. The second-order valence-corrected chi connectivity index (χ2v) is 15.8. The number of piperidine rings is 3. The van der Waals surface area contributed by atoms with E-state index in [0.29, 0.717) is 51.6 Å². The van der Waals surface area contributed by atoms with Gasteiger partial charge in [0.15, 0.2) is 6.10 Å². The highest BCUT2D eigenvalue weighted by Crippen LogP contribution is 2.28. The molecule has 0 bridgehead atoms. The van der Waals surface area contributed by atoms with Crippen LogP contribution >= 0.6 is 0 Å². The van der Waals surface area contributed by atoms with E-state index < -0.39 is 12.2 Å². The highest BCUT2D eigenvalue weighted by atomic mass is 16.6. The Kier molecular flexibility index (Phi) is 10.1. The van der Waals surface area contributed by atoms with Crippen molar-refractivity contribution < 1.29 is 19.1 Å². The third-order valence-corrected chi connectivity index (χ3v) is 12.1. The van der Waals surface area contributed by atoms with Crippen LogP contribution in [0.15, 0.2) is 41.2 Å². The number of para-hydroxylation sites is 1. The van der Waals surface area contributed by atoms with Crippen molar-refractivity contribution in [2.75, 3.05) is 51.1 Å². The van der Waals surface area contributed by atoms with Gasteiger partial charge in [0.1, 0.15) is 0 Å². The van der Waals surface area contributed by atoms with Gasteiger partial charge in [0.25, 0.3) is 5.91 Å². The van der Waals surface area contributed by atoms with Gasteiger partial charge in [0, 0.05) is 89.6 Å². The van der Waals surface area contributed by atoms with Crippen LogP contribution in [-0.2, 0) is 36.5 Å². The molecular formula is C39H54N8O5. The normalized spacial score (nSPS) is 21.1. The number of likely N-dealkylation sites (tertiary alicyclic amines) is 3.